The maximum absolute atomic E-state index is 13.9. The molecule has 2 aliphatic rings. The molecule has 250 valence electrons. The van der Waals surface area contributed by atoms with Gasteiger partial charge in [-0.05, 0) is 56.0 Å². The predicted molar refractivity (Wildman–Crippen MR) is 183 cm³/mol. The summed E-state index contributed by atoms with van der Waals surface area (Å²) < 4.78 is 10.7. The number of aliphatic hydroxyl groups excluding tert-OH is 1. The van der Waals surface area contributed by atoms with Gasteiger partial charge in [-0.25, -0.2) is 0 Å². The summed E-state index contributed by atoms with van der Waals surface area (Å²) in [6.45, 7) is 8.72. The molecule has 2 aliphatic heterocycles. The number of ether oxygens (including phenoxy) is 2. The monoisotopic (exact) mass is 660 g/mol. The molecular weight excluding hydrogens is 616 g/mol. The third kappa shape index (κ3) is 8.85. The van der Waals surface area contributed by atoms with Crippen LogP contribution in [0.1, 0.15) is 30.5 Å². The van der Waals surface area contributed by atoms with Gasteiger partial charge in [0.15, 0.2) is 12.7 Å². The van der Waals surface area contributed by atoms with Gasteiger partial charge in [-0.15, -0.1) is 11.8 Å². The van der Waals surface area contributed by atoms with E-state index in [9.17, 15) is 19.5 Å². The van der Waals surface area contributed by atoms with Gasteiger partial charge in [0, 0.05) is 36.1 Å². The molecule has 0 radical (unpaired) electrons. The van der Waals surface area contributed by atoms with Gasteiger partial charge in [0.05, 0.1) is 25.1 Å². The molecule has 3 aromatic carbocycles. The summed E-state index contributed by atoms with van der Waals surface area (Å²) in [5.74, 6) is -0.603. The average molecular weight is 661 g/mol. The zero-order chi connectivity index (χ0) is 33.4. The second-order valence-corrected chi connectivity index (χ2v) is 14.0. The van der Waals surface area contributed by atoms with Crippen LogP contribution in [0.5, 0.6) is 5.75 Å². The number of carbonyl (C=O) groups is 3. The molecule has 2 heterocycles. The Labute approximate surface area is 280 Å². The molecule has 0 spiro atoms. The summed E-state index contributed by atoms with van der Waals surface area (Å²) in [7, 11) is 0. The van der Waals surface area contributed by atoms with Gasteiger partial charge in [0.2, 0.25) is 5.91 Å². The van der Waals surface area contributed by atoms with Gasteiger partial charge in [0.25, 0.3) is 11.8 Å². The Balaban J connectivity index is 1.26. The SMILES string of the molecule is Cc1ccccc1CNC(=O)[C@H]1N(C(=O)[C@@H](O)[C@H](Cc2ccccc2)NC(=O)COc2cccc(N3CCOCC3)c2)CSC1(C)C. The Hall–Kier alpha value is -4.06. The number of hydrogen-bond donors (Lipinski definition) is 3. The molecule has 2 fully saturated rings. The van der Waals surface area contributed by atoms with Gasteiger partial charge in [-0.1, -0.05) is 60.7 Å². The Morgan fingerprint density at radius 1 is 1.02 bits per heavy atom. The van der Waals surface area contributed by atoms with Gasteiger partial charge in [0.1, 0.15) is 11.8 Å². The molecule has 3 amide bonds. The Morgan fingerprint density at radius 3 is 2.49 bits per heavy atom. The van der Waals surface area contributed by atoms with Crippen LogP contribution in [0.15, 0.2) is 78.9 Å². The number of nitrogens with one attached hydrogen (secondary N) is 2. The summed E-state index contributed by atoms with van der Waals surface area (Å²) in [6.07, 6.45) is -1.38. The number of aryl methyl sites for hydroxylation is 1. The second-order valence-electron chi connectivity index (χ2n) is 12.4. The number of carbonyl (C=O) groups excluding carboxylic acids is 3. The summed E-state index contributed by atoms with van der Waals surface area (Å²) >= 11 is 1.48. The molecule has 3 atom stereocenters. The lowest BCUT2D eigenvalue weighted by Crippen LogP contribution is -2.59. The number of nitrogens with zero attached hydrogens (tertiary/aromatic N) is 2. The van der Waals surface area contributed by atoms with Crippen molar-refractivity contribution >= 4 is 35.2 Å². The standard InChI is InChI=1S/C36H44N4O6S/c1-25-10-7-8-13-27(25)22-37-34(43)33-36(2,3)47-24-40(33)35(44)32(42)30(20-26-11-5-4-6-12-26)38-31(41)23-46-29-15-9-14-28(21-29)39-16-18-45-19-17-39/h4-15,21,30,32-33,42H,16-20,22-24H2,1-3H3,(H,37,43)(H,38,41)/t30-,32-,33+/m0/s1. The number of morpholine rings is 1. The van der Waals surface area contributed by atoms with Crippen LogP contribution in [0.3, 0.4) is 0 Å². The first kappa shape index (κ1) is 34.3. The lowest BCUT2D eigenvalue weighted by molar-refractivity contribution is -0.148. The maximum atomic E-state index is 13.9. The zero-order valence-electron chi connectivity index (χ0n) is 27.2. The van der Waals surface area contributed by atoms with Crippen LogP contribution in [-0.2, 0) is 32.1 Å². The third-order valence-corrected chi connectivity index (χ3v) is 10.0. The van der Waals surface area contributed by atoms with E-state index in [2.05, 4.69) is 15.5 Å². The minimum absolute atomic E-state index is 0.209. The van der Waals surface area contributed by atoms with Crippen molar-refractivity contribution in [3.63, 3.8) is 0 Å². The molecule has 3 aromatic rings. The first-order chi connectivity index (χ1) is 22.6. The first-order valence-corrected chi connectivity index (χ1v) is 16.9. The number of rotatable bonds is 12. The number of thioether (sulfide) groups is 1. The van der Waals surface area contributed by atoms with Crippen LogP contribution in [0, 0.1) is 6.92 Å². The second kappa shape index (κ2) is 15.7. The van der Waals surface area contributed by atoms with Crippen molar-refractivity contribution in [1.82, 2.24) is 15.5 Å². The Morgan fingerprint density at radius 2 is 1.74 bits per heavy atom. The first-order valence-electron chi connectivity index (χ1n) is 16.0. The van der Waals surface area contributed by atoms with Crippen LogP contribution >= 0.6 is 11.8 Å². The molecule has 5 rings (SSSR count). The molecule has 0 bridgehead atoms. The maximum Gasteiger partial charge on any atom is 0.258 e. The number of aliphatic hydroxyl groups is 1. The van der Waals surface area contributed by atoms with Gasteiger partial charge in [-0.3, -0.25) is 14.4 Å². The van der Waals surface area contributed by atoms with Crippen LogP contribution in [0.2, 0.25) is 0 Å². The highest BCUT2D eigenvalue weighted by Crippen LogP contribution is 2.40. The molecule has 11 heteroatoms. The van der Waals surface area contributed by atoms with Crippen molar-refractivity contribution in [3.05, 3.63) is 95.6 Å². The fraction of sp³-hybridized carbons (Fsp3) is 0.417. The average Bonchev–Trinajstić information content (AvgIpc) is 3.41. The minimum atomic E-state index is -1.59. The van der Waals surface area contributed by atoms with E-state index >= 15 is 0 Å². The Bertz CT molecular complexity index is 1530. The number of hydrogen-bond acceptors (Lipinski definition) is 8. The lowest BCUT2D eigenvalue weighted by Gasteiger charge is -2.33. The van der Waals surface area contributed by atoms with Gasteiger partial charge >= 0.3 is 0 Å². The van der Waals surface area contributed by atoms with Crippen molar-refractivity contribution in [2.45, 2.75) is 56.7 Å². The number of anilines is 1. The molecule has 10 nitrogen and oxygen atoms in total. The highest BCUT2D eigenvalue weighted by atomic mass is 32.2. The fourth-order valence-electron chi connectivity index (χ4n) is 5.94. The quantitative estimate of drug-likeness (QED) is 0.271. The molecule has 0 saturated carbocycles. The molecule has 47 heavy (non-hydrogen) atoms. The van der Waals surface area contributed by atoms with E-state index in [1.54, 1.807) is 6.07 Å². The van der Waals surface area contributed by atoms with E-state index in [1.807, 2.05) is 93.6 Å². The highest BCUT2D eigenvalue weighted by molar-refractivity contribution is 8.00. The molecule has 3 N–H and O–H groups in total. The lowest BCUT2D eigenvalue weighted by atomic mass is 9.97. The number of benzene rings is 3. The molecule has 0 unspecified atom stereocenters. The van der Waals surface area contributed by atoms with Crippen LogP contribution in [-0.4, -0.2) is 89.4 Å². The molecule has 0 aromatic heterocycles. The van der Waals surface area contributed by atoms with Crippen molar-refractivity contribution < 1.29 is 29.0 Å². The summed E-state index contributed by atoms with van der Waals surface area (Å²) in [5, 5.41) is 17.4. The van der Waals surface area contributed by atoms with Crippen LogP contribution < -0.4 is 20.3 Å². The third-order valence-electron chi connectivity index (χ3n) is 8.63. The van der Waals surface area contributed by atoms with E-state index in [0.717, 1.165) is 35.5 Å². The molecular formula is C36H44N4O6S. The van der Waals surface area contributed by atoms with Crippen molar-refractivity contribution in [1.29, 1.82) is 0 Å². The van der Waals surface area contributed by atoms with Gasteiger partial charge in [-0.2, -0.15) is 0 Å². The highest BCUT2D eigenvalue weighted by Gasteiger charge is 2.49. The van der Waals surface area contributed by atoms with Gasteiger partial charge < -0.3 is 35.0 Å². The summed E-state index contributed by atoms with van der Waals surface area (Å²) in [6, 6.07) is 22.9. The van der Waals surface area contributed by atoms with E-state index in [-0.39, 0.29) is 24.8 Å². The zero-order valence-corrected chi connectivity index (χ0v) is 28.0. The largest absolute Gasteiger partial charge is 0.484 e. The van der Waals surface area contributed by atoms with E-state index < -0.39 is 34.7 Å². The van der Waals surface area contributed by atoms with Crippen LogP contribution in [0.25, 0.3) is 0 Å². The van der Waals surface area contributed by atoms with Crippen molar-refractivity contribution in [2.75, 3.05) is 43.7 Å². The van der Waals surface area contributed by atoms with Crippen molar-refractivity contribution in [3.8, 4) is 5.75 Å². The molecule has 0 aliphatic carbocycles. The topological polar surface area (TPSA) is 120 Å². The minimum Gasteiger partial charge on any atom is -0.484 e. The fourth-order valence-corrected chi connectivity index (χ4v) is 7.08. The van der Waals surface area contributed by atoms with Crippen molar-refractivity contribution in [2.24, 2.45) is 0 Å². The van der Waals surface area contributed by atoms with E-state index in [0.29, 0.717) is 25.5 Å². The normalized spacial score (nSPS) is 18.7. The van der Waals surface area contributed by atoms with E-state index in [4.69, 9.17) is 9.47 Å². The Kier molecular flexibility index (Phi) is 11.4. The number of amides is 3. The smallest absolute Gasteiger partial charge is 0.258 e. The summed E-state index contributed by atoms with van der Waals surface area (Å²) in [5.41, 5.74) is 3.87. The molecule has 2 saturated heterocycles. The predicted octanol–water partition coefficient (Wildman–Crippen LogP) is 3.30. The van der Waals surface area contributed by atoms with E-state index in [1.165, 1.54) is 16.7 Å². The summed E-state index contributed by atoms with van der Waals surface area (Å²) in [4.78, 5) is 44.3. The van der Waals surface area contributed by atoms with Crippen LogP contribution in [0.4, 0.5) is 5.69 Å².